The van der Waals surface area contributed by atoms with Gasteiger partial charge in [0.15, 0.2) is 0 Å². The topological polar surface area (TPSA) is 62.8 Å². The number of nitrogens with one attached hydrogen (secondary N) is 2. The molecule has 0 radical (unpaired) electrons. The second-order valence-corrected chi connectivity index (χ2v) is 6.04. The average Bonchev–Trinajstić information content (AvgIpc) is 3.12. The fraction of sp³-hybridized carbons (Fsp3) is 0.529. The van der Waals surface area contributed by atoms with Crippen molar-refractivity contribution in [3.8, 4) is 5.88 Å². The second kappa shape index (κ2) is 6.92. The minimum Gasteiger partial charge on any atom is -0.474 e. The third-order valence-electron chi connectivity index (χ3n) is 4.30. The Morgan fingerprint density at radius 2 is 2.09 bits per heavy atom. The highest BCUT2D eigenvalue weighted by Gasteiger charge is 2.17. The van der Waals surface area contributed by atoms with Crippen LogP contribution in [0, 0.1) is 13.8 Å². The van der Waals surface area contributed by atoms with Gasteiger partial charge in [-0.05, 0) is 51.2 Å². The van der Waals surface area contributed by atoms with Crippen molar-refractivity contribution in [3.05, 3.63) is 40.8 Å². The number of aromatic nitrogens is 3. The Morgan fingerprint density at radius 1 is 1.27 bits per heavy atom. The largest absolute Gasteiger partial charge is 0.474 e. The van der Waals surface area contributed by atoms with Gasteiger partial charge in [0.2, 0.25) is 5.88 Å². The molecule has 1 aliphatic rings. The number of rotatable bonds is 6. The van der Waals surface area contributed by atoms with Gasteiger partial charge >= 0.3 is 0 Å². The summed E-state index contributed by atoms with van der Waals surface area (Å²) in [6, 6.07) is 4.07. The van der Waals surface area contributed by atoms with Crippen LogP contribution in [0.15, 0.2) is 18.3 Å². The Hall–Kier alpha value is -1.88. The van der Waals surface area contributed by atoms with Crippen LogP contribution in [0.25, 0.3) is 0 Å². The van der Waals surface area contributed by atoms with Gasteiger partial charge in [-0.25, -0.2) is 4.98 Å². The van der Waals surface area contributed by atoms with Crippen LogP contribution in [0.1, 0.15) is 48.2 Å². The highest BCUT2D eigenvalue weighted by Crippen LogP contribution is 2.23. The van der Waals surface area contributed by atoms with Gasteiger partial charge < -0.3 is 10.1 Å². The number of hydrogen-bond donors (Lipinski definition) is 2. The van der Waals surface area contributed by atoms with Crippen molar-refractivity contribution in [2.75, 3.05) is 0 Å². The first kappa shape index (κ1) is 15.0. The molecule has 0 aliphatic heterocycles. The molecule has 0 atom stereocenters. The predicted molar refractivity (Wildman–Crippen MR) is 85.7 cm³/mol. The van der Waals surface area contributed by atoms with E-state index < -0.39 is 0 Å². The van der Waals surface area contributed by atoms with Crippen LogP contribution in [-0.2, 0) is 13.1 Å². The lowest BCUT2D eigenvalue weighted by Gasteiger charge is -2.13. The van der Waals surface area contributed by atoms with E-state index in [-0.39, 0.29) is 0 Å². The summed E-state index contributed by atoms with van der Waals surface area (Å²) in [6.45, 7) is 5.69. The van der Waals surface area contributed by atoms with Gasteiger partial charge in [-0.3, -0.25) is 5.10 Å². The molecule has 118 valence electrons. The number of ether oxygens (including phenoxy) is 1. The number of aryl methyl sites for hydroxylation is 2. The lowest BCUT2D eigenvalue weighted by Crippen LogP contribution is -2.15. The van der Waals surface area contributed by atoms with Gasteiger partial charge in [-0.15, -0.1) is 0 Å². The molecular formula is C17H24N4O. The fourth-order valence-corrected chi connectivity index (χ4v) is 2.97. The zero-order valence-corrected chi connectivity index (χ0v) is 13.4. The molecule has 1 fully saturated rings. The number of aromatic amines is 1. The van der Waals surface area contributed by atoms with Crippen LogP contribution in [-0.4, -0.2) is 21.3 Å². The van der Waals surface area contributed by atoms with Gasteiger partial charge in [0.25, 0.3) is 0 Å². The van der Waals surface area contributed by atoms with E-state index >= 15 is 0 Å². The number of pyridine rings is 1. The molecule has 5 heteroatoms. The van der Waals surface area contributed by atoms with Crippen LogP contribution < -0.4 is 10.1 Å². The Balaban J connectivity index is 1.54. The lowest BCUT2D eigenvalue weighted by molar-refractivity contribution is 0.201. The third kappa shape index (κ3) is 3.65. The Morgan fingerprint density at radius 3 is 2.82 bits per heavy atom. The van der Waals surface area contributed by atoms with Crippen molar-refractivity contribution in [2.24, 2.45) is 0 Å². The molecule has 1 saturated carbocycles. The fourth-order valence-electron chi connectivity index (χ4n) is 2.97. The third-order valence-corrected chi connectivity index (χ3v) is 4.30. The van der Waals surface area contributed by atoms with Crippen molar-refractivity contribution in [1.29, 1.82) is 0 Å². The normalized spacial score (nSPS) is 15.4. The summed E-state index contributed by atoms with van der Waals surface area (Å²) in [5, 5.41) is 10.7. The number of H-pyrrole nitrogens is 1. The van der Waals surface area contributed by atoms with E-state index in [9.17, 15) is 0 Å². The Bertz CT molecular complexity index is 597. The first-order valence-electron chi connectivity index (χ1n) is 8.05. The van der Waals surface area contributed by atoms with Gasteiger partial charge in [-0.1, -0.05) is 0 Å². The molecule has 22 heavy (non-hydrogen) atoms. The zero-order valence-electron chi connectivity index (χ0n) is 13.4. The van der Waals surface area contributed by atoms with Crippen LogP contribution >= 0.6 is 0 Å². The monoisotopic (exact) mass is 300 g/mol. The van der Waals surface area contributed by atoms with E-state index in [1.807, 2.05) is 25.3 Å². The highest BCUT2D eigenvalue weighted by molar-refractivity contribution is 5.24. The van der Waals surface area contributed by atoms with Crippen LogP contribution in [0.4, 0.5) is 0 Å². The Kier molecular flexibility index (Phi) is 4.73. The molecule has 0 aromatic carbocycles. The second-order valence-electron chi connectivity index (χ2n) is 6.04. The van der Waals surface area contributed by atoms with Crippen molar-refractivity contribution in [1.82, 2.24) is 20.5 Å². The molecule has 0 unspecified atom stereocenters. The molecule has 2 heterocycles. The average molecular weight is 300 g/mol. The van der Waals surface area contributed by atoms with Crippen molar-refractivity contribution < 1.29 is 4.74 Å². The number of nitrogens with zero attached hydrogens (tertiary/aromatic N) is 2. The maximum atomic E-state index is 5.95. The van der Waals surface area contributed by atoms with Crippen LogP contribution in [0.5, 0.6) is 5.88 Å². The standard InChI is InChI=1S/C17H24N4O/c1-12-16(13(2)21-20-12)11-18-10-14-7-8-19-17(9-14)22-15-5-3-4-6-15/h7-9,15,18H,3-6,10-11H2,1-2H3,(H,20,21). The summed E-state index contributed by atoms with van der Waals surface area (Å²) >= 11 is 0. The predicted octanol–water partition coefficient (Wildman–Crippen LogP) is 3.03. The van der Waals surface area contributed by atoms with Gasteiger partial charge in [0.05, 0.1) is 5.69 Å². The Labute approximate surface area is 131 Å². The SMILES string of the molecule is Cc1n[nH]c(C)c1CNCc1ccnc(OC2CCCC2)c1. The molecule has 0 saturated heterocycles. The van der Waals surface area contributed by atoms with E-state index in [1.165, 1.54) is 24.0 Å². The first-order chi connectivity index (χ1) is 10.7. The number of hydrogen-bond acceptors (Lipinski definition) is 4. The molecule has 3 rings (SSSR count). The van der Waals surface area contributed by atoms with Crippen LogP contribution in [0.2, 0.25) is 0 Å². The van der Waals surface area contributed by atoms with Crippen molar-refractivity contribution in [2.45, 2.75) is 58.7 Å². The zero-order chi connectivity index (χ0) is 15.4. The van der Waals surface area contributed by atoms with Gasteiger partial charge in [-0.2, -0.15) is 5.10 Å². The lowest BCUT2D eigenvalue weighted by atomic mass is 10.2. The molecule has 1 aliphatic carbocycles. The summed E-state index contributed by atoms with van der Waals surface area (Å²) in [7, 11) is 0. The van der Waals surface area contributed by atoms with E-state index in [2.05, 4.69) is 27.4 Å². The molecule has 0 bridgehead atoms. The summed E-state index contributed by atoms with van der Waals surface area (Å²) in [5.74, 6) is 0.752. The maximum Gasteiger partial charge on any atom is 0.213 e. The van der Waals surface area contributed by atoms with E-state index in [4.69, 9.17) is 4.74 Å². The van der Waals surface area contributed by atoms with Crippen LogP contribution in [0.3, 0.4) is 0 Å². The van der Waals surface area contributed by atoms with Gasteiger partial charge in [0, 0.05) is 36.6 Å². The quantitative estimate of drug-likeness (QED) is 0.861. The van der Waals surface area contributed by atoms with E-state index in [0.29, 0.717) is 6.10 Å². The minimum atomic E-state index is 0.354. The molecule has 5 nitrogen and oxygen atoms in total. The van der Waals surface area contributed by atoms with Crippen molar-refractivity contribution in [3.63, 3.8) is 0 Å². The molecule has 0 amide bonds. The van der Waals surface area contributed by atoms with Crippen molar-refractivity contribution >= 4 is 0 Å². The molecular weight excluding hydrogens is 276 g/mol. The first-order valence-corrected chi connectivity index (χ1v) is 8.05. The van der Waals surface area contributed by atoms with E-state index in [0.717, 1.165) is 43.2 Å². The molecule has 2 aromatic heterocycles. The molecule has 2 aromatic rings. The summed E-state index contributed by atoms with van der Waals surface area (Å²) in [5.41, 5.74) is 4.63. The molecule has 2 N–H and O–H groups in total. The highest BCUT2D eigenvalue weighted by atomic mass is 16.5. The summed E-state index contributed by atoms with van der Waals surface area (Å²) < 4.78 is 5.95. The smallest absolute Gasteiger partial charge is 0.213 e. The minimum absolute atomic E-state index is 0.354. The maximum absolute atomic E-state index is 5.95. The molecule has 0 spiro atoms. The summed E-state index contributed by atoms with van der Waals surface area (Å²) in [4.78, 5) is 4.32. The van der Waals surface area contributed by atoms with Gasteiger partial charge in [0.1, 0.15) is 6.10 Å². The van der Waals surface area contributed by atoms with E-state index in [1.54, 1.807) is 0 Å². The summed E-state index contributed by atoms with van der Waals surface area (Å²) in [6.07, 6.45) is 7.04.